The van der Waals surface area contributed by atoms with E-state index in [1.807, 2.05) is 42.5 Å². The Morgan fingerprint density at radius 3 is 2.56 bits per heavy atom. The van der Waals surface area contributed by atoms with Crippen molar-refractivity contribution in [3.63, 3.8) is 0 Å². The molecule has 0 radical (unpaired) electrons. The first-order valence-corrected chi connectivity index (χ1v) is 10.8. The van der Waals surface area contributed by atoms with Gasteiger partial charge in [0, 0.05) is 0 Å². The Morgan fingerprint density at radius 2 is 1.84 bits per heavy atom. The van der Waals surface area contributed by atoms with Gasteiger partial charge >= 0.3 is 5.97 Å². The fourth-order valence-electron chi connectivity index (χ4n) is 4.23. The zero-order chi connectivity index (χ0) is 22.5. The number of benzene rings is 3. The molecule has 0 saturated carbocycles. The highest BCUT2D eigenvalue weighted by Gasteiger charge is 2.24. The van der Waals surface area contributed by atoms with Crippen LogP contribution in [-0.4, -0.2) is 18.2 Å². The van der Waals surface area contributed by atoms with Crippen LogP contribution in [0.15, 0.2) is 66.7 Å². The summed E-state index contributed by atoms with van der Waals surface area (Å²) in [4.78, 5) is 11.1. The fourth-order valence-corrected chi connectivity index (χ4v) is 4.23. The van der Waals surface area contributed by atoms with E-state index >= 15 is 0 Å². The number of fused-ring (bicyclic) bond motifs is 1. The zero-order valence-corrected chi connectivity index (χ0v) is 18.3. The van der Waals surface area contributed by atoms with Crippen LogP contribution < -0.4 is 9.47 Å². The number of rotatable bonds is 7. The number of carboxylic acids is 1. The molecule has 3 aromatic rings. The first kappa shape index (κ1) is 21.5. The summed E-state index contributed by atoms with van der Waals surface area (Å²) < 4.78 is 11.6. The van der Waals surface area contributed by atoms with Crippen LogP contribution in [0.1, 0.15) is 48.5 Å². The van der Waals surface area contributed by atoms with Gasteiger partial charge in [-0.15, -0.1) is 5.92 Å². The van der Waals surface area contributed by atoms with Crippen molar-refractivity contribution >= 4 is 5.97 Å². The van der Waals surface area contributed by atoms with Gasteiger partial charge in [-0.3, -0.25) is 4.79 Å². The number of carbonyl (C=O) groups is 1. The standard InChI is InChI=1S/C28H26O4/c1-3-5-20(18-28(29)30)19-8-12-24(13-9-19)32-27-15-11-23-16-22(10-14-26(23)27)21-6-4-7-25(17-21)31-2/h4,6-10,12-14,16-17,20,27H,11,15,18H2,1-2H3,(H,29,30)/t20-,27?/m1/s1. The first-order valence-electron chi connectivity index (χ1n) is 10.8. The van der Waals surface area contributed by atoms with Gasteiger partial charge in [-0.1, -0.05) is 48.4 Å². The molecule has 162 valence electrons. The second kappa shape index (κ2) is 9.62. The van der Waals surface area contributed by atoms with Crippen LogP contribution in [0.5, 0.6) is 11.5 Å². The van der Waals surface area contributed by atoms with Gasteiger partial charge in [0.1, 0.15) is 17.6 Å². The number of hydrogen-bond donors (Lipinski definition) is 1. The van der Waals surface area contributed by atoms with E-state index in [0.29, 0.717) is 0 Å². The predicted molar refractivity (Wildman–Crippen MR) is 125 cm³/mol. The van der Waals surface area contributed by atoms with Gasteiger partial charge in [-0.2, -0.15) is 0 Å². The van der Waals surface area contributed by atoms with E-state index in [-0.39, 0.29) is 18.4 Å². The van der Waals surface area contributed by atoms with E-state index in [0.717, 1.165) is 35.5 Å². The molecule has 4 nitrogen and oxygen atoms in total. The Bertz CT molecular complexity index is 1170. The molecule has 4 rings (SSSR count). The Kier molecular flexibility index (Phi) is 6.47. The van der Waals surface area contributed by atoms with E-state index in [2.05, 4.69) is 36.1 Å². The molecule has 1 N–H and O–H groups in total. The molecule has 0 amide bonds. The van der Waals surface area contributed by atoms with Gasteiger partial charge in [-0.25, -0.2) is 0 Å². The summed E-state index contributed by atoms with van der Waals surface area (Å²) >= 11 is 0. The van der Waals surface area contributed by atoms with Crippen LogP contribution in [0.3, 0.4) is 0 Å². The van der Waals surface area contributed by atoms with Crippen LogP contribution in [-0.2, 0) is 11.2 Å². The molecule has 1 unspecified atom stereocenters. The summed E-state index contributed by atoms with van der Waals surface area (Å²) in [6.45, 7) is 1.73. The number of hydrogen-bond acceptors (Lipinski definition) is 3. The lowest BCUT2D eigenvalue weighted by atomic mass is 9.96. The van der Waals surface area contributed by atoms with Gasteiger partial charge in [0.2, 0.25) is 0 Å². The average Bonchev–Trinajstić information content (AvgIpc) is 3.21. The van der Waals surface area contributed by atoms with Crippen molar-refractivity contribution in [1.29, 1.82) is 0 Å². The Labute approximate surface area is 188 Å². The third-order valence-electron chi connectivity index (χ3n) is 5.83. The molecule has 3 aromatic carbocycles. The minimum Gasteiger partial charge on any atom is -0.497 e. The monoisotopic (exact) mass is 426 g/mol. The van der Waals surface area contributed by atoms with Crippen LogP contribution in [0.4, 0.5) is 0 Å². The lowest BCUT2D eigenvalue weighted by molar-refractivity contribution is -0.137. The molecular weight excluding hydrogens is 400 g/mol. The first-order chi connectivity index (χ1) is 15.6. The Hall–Kier alpha value is -3.71. The average molecular weight is 427 g/mol. The molecule has 0 spiro atoms. The summed E-state index contributed by atoms with van der Waals surface area (Å²) in [6.07, 6.45) is 1.91. The molecule has 0 saturated heterocycles. The van der Waals surface area contributed by atoms with Crippen LogP contribution >= 0.6 is 0 Å². The van der Waals surface area contributed by atoms with Crippen molar-refractivity contribution in [3.8, 4) is 34.5 Å². The number of carboxylic acid groups (broad SMARTS) is 1. The van der Waals surface area contributed by atoms with Crippen molar-refractivity contribution in [3.05, 3.63) is 83.4 Å². The second-order valence-electron chi connectivity index (χ2n) is 7.90. The molecule has 0 aromatic heterocycles. The third kappa shape index (κ3) is 4.78. The van der Waals surface area contributed by atoms with Crippen molar-refractivity contribution in [2.75, 3.05) is 7.11 Å². The second-order valence-corrected chi connectivity index (χ2v) is 7.90. The van der Waals surface area contributed by atoms with Gasteiger partial charge in [0.15, 0.2) is 0 Å². The highest BCUT2D eigenvalue weighted by atomic mass is 16.5. The lowest BCUT2D eigenvalue weighted by Gasteiger charge is -2.16. The molecule has 0 fully saturated rings. The smallest absolute Gasteiger partial charge is 0.304 e. The molecule has 0 heterocycles. The maximum Gasteiger partial charge on any atom is 0.304 e. The summed E-state index contributed by atoms with van der Waals surface area (Å²) in [5, 5.41) is 9.13. The summed E-state index contributed by atoms with van der Waals surface area (Å²) in [5.41, 5.74) is 5.74. The third-order valence-corrected chi connectivity index (χ3v) is 5.83. The van der Waals surface area contributed by atoms with E-state index in [9.17, 15) is 4.79 Å². The minimum absolute atomic E-state index is 0.00728. The lowest BCUT2D eigenvalue weighted by Crippen LogP contribution is -2.06. The van der Waals surface area contributed by atoms with Crippen molar-refractivity contribution < 1.29 is 19.4 Å². The van der Waals surface area contributed by atoms with Gasteiger partial charge in [-0.05, 0) is 71.8 Å². The van der Waals surface area contributed by atoms with Crippen LogP contribution in [0.2, 0.25) is 0 Å². The minimum atomic E-state index is -0.853. The van der Waals surface area contributed by atoms with E-state index in [4.69, 9.17) is 14.6 Å². The van der Waals surface area contributed by atoms with Gasteiger partial charge in [0.25, 0.3) is 0 Å². The Morgan fingerprint density at radius 1 is 1.06 bits per heavy atom. The largest absolute Gasteiger partial charge is 0.497 e. The predicted octanol–water partition coefficient (Wildman–Crippen LogP) is 6.01. The van der Waals surface area contributed by atoms with Crippen molar-refractivity contribution in [2.24, 2.45) is 0 Å². The number of aliphatic carboxylic acids is 1. The quantitative estimate of drug-likeness (QED) is 0.470. The van der Waals surface area contributed by atoms with E-state index in [1.165, 1.54) is 16.7 Å². The van der Waals surface area contributed by atoms with Gasteiger partial charge < -0.3 is 14.6 Å². The number of methoxy groups -OCH3 is 1. The SMILES string of the molecule is CC#C[C@H](CC(=O)O)c1ccc(OC2CCc3cc(-c4cccc(OC)c4)ccc32)cc1. The molecule has 0 bridgehead atoms. The maximum atomic E-state index is 11.1. The summed E-state index contributed by atoms with van der Waals surface area (Å²) in [7, 11) is 1.68. The molecule has 1 aliphatic rings. The maximum absolute atomic E-state index is 11.1. The van der Waals surface area contributed by atoms with Gasteiger partial charge in [0.05, 0.1) is 19.4 Å². The van der Waals surface area contributed by atoms with Crippen LogP contribution in [0, 0.1) is 11.8 Å². The molecule has 2 atom stereocenters. The van der Waals surface area contributed by atoms with E-state index in [1.54, 1.807) is 14.0 Å². The highest BCUT2D eigenvalue weighted by molar-refractivity contribution is 5.69. The Balaban J connectivity index is 1.49. The molecule has 32 heavy (non-hydrogen) atoms. The summed E-state index contributed by atoms with van der Waals surface area (Å²) in [6, 6.07) is 22.3. The van der Waals surface area contributed by atoms with Crippen LogP contribution in [0.25, 0.3) is 11.1 Å². The normalized spacial score (nSPS) is 15.2. The highest BCUT2D eigenvalue weighted by Crippen LogP contribution is 2.38. The topological polar surface area (TPSA) is 55.8 Å². The molecule has 0 aliphatic heterocycles. The zero-order valence-electron chi connectivity index (χ0n) is 18.3. The molecule has 1 aliphatic carbocycles. The molecule has 4 heteroatoms. The van der Waals surface area contributed by atoms with E-state index < -0.39 is 5.97 Å². The van der Waals surface area contributed by atoms with Crippen molar-refractivity contribution in [2.45, 2.75) is 38.2 Å². The summed E-state index contributed by atoms with van der Waals surface area (Å²) in [5.74, 6) is 6.27. The fraction of sp³-hybridized carbons (Fsp3) is 0.250. The molecular formula is C28H26O4. The number of ether oxygens (including phenoxy) is 2. The van der Waals surface area contributed by atoms with Crippen molar-refractivity contribution in [1.82, 2.24) is 0 Å². The number of aryl methyl sites for hydroxylation is 1.